The van der Waals surface area contributed by atoms with Crippen molar-refractivity contribution in [3.8, 4) is 6.07 Å². The van der Waals surface area contributed by atoms with Gasteiger partial charge in [-0.15, -0.1) is 11.8 Å². The lowest BCUT2D eigenvalue weighted by Gasteiger charge is -2.10. The molecule has 2 amide bonds. The van der Waals surface area contributed by atoms with Crippen LogP contribution in [0.4, 0.5) is 11.4 Å². The standard InChI is InChI=1S/C23H22N4O5S/c24-13-17(23(29)25-14-19-7-4-10-32-19)11-16-8-9-21(20(12-16)27(30)31)33-15-22(28)26-18-5-2-1-3-6-18/h1-3,5-6,8-9,11-12,19H,4,7,10,14-15H2,(H,25,29)(H,26,28)/b17-11+/t19-/m1/s1. The molecule has 2 aromatic carbocycles. The van der Waals surface area contributed by atoms with Crippen LogP contribution in [0.15, 0.2) is 59.0 Å². The Balaban J connectivity index is 1.66. The number of para-hydroxylation sites is 1. The molecule has 2 aromatic rings. The smallest absolute Gasteiger partial charge is 0.283 e. The molecular formula is C23H22N4O5S. The molecule has 1 fully saturated rings. The van der Waals surface area contributed by atoms with Crippen LogP contribution in [0.5, 0.6) is 0 Å². The average molecular weight is 467 g/mol. The Labute approximate surface area is 195 Å². The van der Waals surface area contributed by atoms with E-state index in [1.165, 1.54) is 18.2 Å². The highest BCUT2D eigenvalue weighted by Crippen LogP contribution is 2.31. The number of carbonyl (C=O) groups excluding carboxylic acids is 2. The van der Waals surface area contributed by atoms with E-state index in [1.54, 1.807) is 30.3 Å². The van der Waals surface area contributed by atoms with Crippen molar-refractivity contribution in [1.82, 2.24) is 5.32 Å². The van der Waals surface area contributed by atoms with Crippen molar-refractivity contribution in [3.05, 3.63) is 69.8 Å². The molecule has 1 saturated heterocycles. The quantitative estimate of drug-likeness (QED) is 0.190. The molecule has 33 heavy (non-hydrogen) atoms. The van der Waals surface area contributed by atoms with Gasteiger partial charge in [-0.2, -0.15) is 5.26 Å². The number of benzene rings is 2. The van der Waals surface area contributed by atoms with Gasteiger partial charge < -0.3 is 15.4 Å². The molecule has 3 rings (SSSR count). The van der Waals surface area contributed by atoms with Crippen molar-refractivity contribution in [3.63, 3.8) is 0 Å². The largest absolute Gasteiger partial charge is 0.376 e. The van der Waals surface area contributed by atoms with Gasteiger partial charge >= 0.3 is 0 Å². The van der Waals surface area contributed by atoms with Crippen molar-refractivity contribution in [2.75, 3.05) is 24.2 Å². The number of hydrogen-bond donors (Lipinski definition) is 2. The summed E-state index contributed by atoms with van der Waals surface area (Å²) in [6.07, 6.45) is 3.02. The summed E-state index contributed by atoms with van der Waals surface area (Å²) >= 11 is 1.03. The number of rotatable bonds is 9. The number of nitro benzene ring substituents is 1. The third-order valence-corrected chi connectivity index (χ3v) is 5.85. The number of amides is 2. The Morgan fingerprint density at radius 3 is 2.73 bits per heavy atom. The van der Waals surface area contributed by atoms with Crippen LogP contribution in [0.3, 0.4) is 0 Å². The van der Waals surface area contributed by atoms with Crippen LogP contribution in [-0.4, -0.2) is 41.7 Å². The summed E-state index contributed by atoms with van der Waals surface area (Å²) < 4.78 is 5.44. The van der Waals surface area contributed by atoms with Gasteiger partial charge in [0.05, 0.1) is 21.7 Å². The average Bonchev–Trinajstić information content (AvgIpc) is 3.34. The maximum Gasteiger partial charge on any atom is 0.283 e. The first-order valence-corrected chi connectivity index (χ1v) is 11.2. The zero-order valence-electron chi connectivity index (χ0n) is 17.7. The summed E-state index contributed by atoms with van der Waals surface area (Å²) in [4.78, 5) is 35.8. The molecule has 1 aliphatic rings. The van der Waals surface area contributed by atoms with Crippen LogP contribution in [0.1, 0.15) is 18.4 Å². The number of nitrogens with zero attached hydrogens (tertiary/aromatic N) is 2. The number of ether oxygens (including phenoxy) is 1. The van der Waals surface area contributed by atoms with Crippen molar-refractivity contribution in [2.45, 2.75) is 23.8 Å². The molecule has 170 valence electrons. The molecule has 0 spiro atoms. The van der Waals surface area contributed by atoms with Crippen LogP contribution in [0, 0.1) is 21.4 Å². The lowest BCUT2D eigenvalue weighted by Crippen LogP contribution is -2.32. The molecule has 10 heteroatoms. The fourth-order valence-electron chi connectivity index (χ4n) is 3.17. The van der Waals surface area contributed by atoms with E-state index in [1.807, 2.05) is 12.1 Å². The Bertz CT molecular complexity index is 1090. The van der Waals surface area contributed by atoms with E-state index in [2.05, 4.69) is 10.6 Å². The zero-order chi connectivity index (χ0) is 23.6. The number of thioether (sulfide) groups is 1. The molecule has 9 nitrogen and oxygen atoms in total. The second-order valence-electron chi connectivity index (χ2n) is 7.20. The zero-order valence-corrected chi connectivity index (χ0v) is 18.5. The topological polar surface area (TPSA) is 134 Å². The fraction of sp³-hybridized carbons (Fsp3) is 0.261. The molecule has 0 unspecified atom stereocenters. The van der Waals surface area contributed by atoms with Gasteiger partial charge in [0.25, 0.3) is 11.6 Å². The highest BCUT2D eigenvalue weighted by molar-refractivity contribution is 8.00. The molecule has 0 saturated carbocycles. The van der Waals surface area contributed by atoms with Crippen molar-refractivity contribution in [1.29, 1.82) is 5.26 Å². The van der Waals surface area contributed by atoms with Gasteiger partial charge in [-0.3, -0.25) is 19.7 Å². The number of hydrogen-bond acceptors (Lipinski definition) is 7. The molecule has 0 bridgehead atoms. The van der Waals surface area contributed by atoms with Gasteiger partial charge in [0.1, 0.15) is 11.6 Å². The lowest BCUT2D eigenvalue weighted by atomic mass is 10.1. The third kappa shape index (κ3) is 7.17. The molecule has 1 aliphatic heterocycles. The van der Waals surface area contributed by atoms with Gasteiger partial charge in [-0.1, -0.05) is 24.3 Å². The van der Waals surface area contributed by atoms with Gasteiger partial charge in [-0.25, -0.2) is 0 Å². The van der Waals surface area contributed by atoms with Crippen molar-refractivity contribution < 1.29 is 19.2 Å². The first-order valence-electron chi connectivity index (χ1n) is 10.2. The van der Waals surface area contributed by atoms with Gasteiger partial charge in [-0.05, 0) is 42.7 Å². The van der Waals surface area contributed by atoms with E-state index >= 15 is 0 Å². The maximum absolute atomic E-state index is 12.3. The number of nitro groups is 1. The monoisotopic (exact) mass is 466 g/mol. The third-order valence-electron chi connectivity index (χ3n) is 4.79. The molecule has 1 heterocycles. The number of anilines is 1. The first-order chi connectivity index (χ1) is 16.0. The van der Waals surface area contributed by atoms with Crippen LogP contribution in [-0.2, 0) is 14.3 Å². The Kier molecular flexibility index (Phi) is 8.57. The molecule has 0 radical (unpaired) electrons. The summed E-state index contributed by atoms with van der Waals surface area (Å²) in [6.45, 7) is 0.960. The van der Waals surface area contributed by atoms with Gasteiger partial charge in [0, 0.05) is 24.9 Å². The predicted octanol–water partition coefficient (Wildman–Crippen LogP) is 3.53. The van der Waals surface area contributed by atoms with E-state index in [0.29, 0.717) is 29.3 Å². The second kappa shape index (κ2) is 11.8. The second-order valence-corrected chi connectivity index (χ2v) is 8.22. The van der Waals surface area contributed by atoms with E-state index in [0.717, 1.165) is 24.6 Å². The van der Waals surface area contributed by atoms with Crippen LogP contribution < -0.4 is 10.6 Å². The first kappa shape index (κ1) is 24.0. The molecule has 1 atom stereocenters. The van der Waals surface area contributed by atoms with E-state index in [9.17, 15) is 25.0 Å². The molecule has 2 N–H and O–H groups in total. The summed E-state index contributed by atoms with van der Waals surface area (Å²) in [5.74, 6) is -0.870. The minimum absolute atomic E-state index is 0.0139. The summed E-state index contributed by atoms with van der Waals surface area (Å²) in [7, 11) is 0. The normalized spacial score (nSPS) is 15.5. The van der Waals surface area contributed by atoms with Crippen molar-refractivity contribution >= 4 is 41.0 Å². The lowest BCUT2D eigenvalue weighted by molar-refractivity contribution is -0.387. The van der Waals surface area contributed by atoms with E-state index in [4.69, 9.17) is 4.74 Å². The minimum Gasteiger partial charge on any atom is -0.376 e. The highest BCUT2D eigenvalue weighted by atomic mass is 32.2. The number of nitriles is 1. The highest BCUT2D eigenvalue weighted by Gasteiger charge is 2.19. The van der Waals surface area contributed by atoms with Crippen LogP contribution >= 0.6 is 11.8 Å². The summed E-state index contributed by atoms with van der Waals surface area (Å²) in [6, 6.07) is 15.1. The van der Waals surface area contributed by atoms with Gasteiger partial charge in [0.15, 0.2) is 0 Å². The molecule has 0 aromatic heterocycles. The maximum atomic E-state index is 12.3. The number of carbonyl (C=O) groups is 2. The SMILES string of the molecule is N#C/C(=C\c1ccc(SCC(=O)Nc2ccccc2)c([N+](=O)[O-])c1)C(=O)NC[C@H]1CCCO1. The Morgan fingerprint density at radius 1 is 1.27 bits per heavy atom. The van der Waals surface area contributed by atoms with Crippen molar-refractivity contribution in [2.24, 2.45) is 0 Å². The minimum atomic E-state index is -0.563. The fourth-order valence-corrected chi connectivity index (χ4v) is 3.98. The van der Waals surface area contributed by atoms with Gasteiger partial charge in [0.2, 0.25) is 5.91 Å². The summed E-state index contributed by atoms with van der Waals surface area (Å²) in [5, 5.41) is 26.3. The Hall–Kier alpha value is -3.68. The molecular weight excluding hydrogens is 444 g/mol. The summed E-state index contributed by atoms with van der Waals surface area (Å²) in [5.41, 5.74) is 0.603. The Morgan fingerprint density at radius 2 is 2.06 bits per heavy atom. The van der Waals surface area contributed by atoms with E-state index in [-0.39, 0.29) is 29.0 Å². The predicted molar refractivity (Wildman–Crippen MR) is 124 cm³/mol. The number of nitrogens with one attached hydrogen (secondary N) is 2. The van der Waals surface area contributed by atoms with Crippen LogP contribution in [0.2, 0.25) is 0 Å². The molecule has 0 aliphatic carbocycles. The van der Waals surface area contributed by atoms with E-state index < -0.39 is 10.8 Å². The van der Waals surface area contributed by atoms with Crippen LogP contribution in [0.25, 0.3) is 6.08 Å².